The van der Waals surface area contributed by atoms with Gasteiger partial charge in [-0.2, -0.15) is 10.1 Å². The lowest BCUT2D eigenvalue weighted by molar-refractivity contribution is -1.03. The van der Waals surface area contributed by atoms with Gasteiger partial charge in [-0.25, -0.2) is 0 Å². The highest BCUT2D eigenvalue weighted by Crippen LogP contribution is 2.54. The predicted molar refractivity (Wildman–Crippen MR) is 53.6 cm³/mol. The van der Waals surface area contributed by atoms with E-state index in [1.54, 1.807) is 6.92 Å². The number of hydrogen-bond donors (Lipinski definition) is 1. The summed E-state index contributed by atoms with van der Waals surface area (Å²) < 4.78 is 5.29. The van der Waals surface area contributed by atoms with Crippen molar-refractivity contribution in [1.29, 1.82) is 0 Å². The first-order valence-electron chi connectivity index (χ1n) is 5.65. The number of nitrogens with one attached hydrogen (secondary N) is 1. The first kappa shape index (κ1) is 10.3. The number of carbonyl (C=O) groups is 1. The molecule has 5 heteroatoms. The molecule has 0 aromatic rings. The first-order chi connectivity index (χ1) is 7.58. The summed E-state index contributed by atoms with van der Waals surface area (Å²) in [6, 6.07) is 0. The number of fused-ring (bicyclic) bond motifs is 1. The number of ether oxygens (including phenoxy) is 1. The van der Waals surface area contributed by atoms with Crippen LogP contribution in [-0.4, -0.2) is 18.2 Å². The van der Waals surface area contributed by atoms with Gasteiger partial charge in [0.1, 0.15) is 11.8 Å². The maximum absolute atomic E-state index is 11.5. The fourth-order valence-corrected chi connectivity index (χ4v) is 3.29. The van der Waals surface area contributed by atoms with Crippen molar-refractivity contribution in [2.45, 2.75) is 32.0 Å². The molecule has 5 nitrogen and oxygen atoms in total. The lowest BCUT2D eigenvalue weighted by Crippen LogP contribution is -3.05. The van der Waals surface area contributed by atoms with Crippen LogP contribution in [0.25, 0.3) is 0 Å². The Labute approximate surface area is 93.5 Å². The largest absolute Gasteiger partial charge is 0.595 e. The number of hydroxylamine groups is 2. The van der Waals surface area contributed by atoms with Crippen LogP contribution in [0.1, 0.15) is 19.8 Å². The molecule has 3 rings (SSSR count). The third-order valence-electron chi connectivity index (χ3n) is 4.01. The van der Waals surface area contributed by atoms with E-state index in [4.69, 9.17) is 9.57 Å². The summed E-state index contributed by atoms with van der Waals surface area (Å²) in [5, 5.41) is 11.1. The first-order valence-corrected chi connectivity index (χ1v) is 5.65. The zero-order valence-electron chi connectivity index (χ0n) is 9.14. The molecule has 1 N–H and O–H groups in total. The molecule has 1 aliphatic heterocycles. The molecule has 3 fully saturated rings. The molecule has 16 heavy (non-hydrogen) atoms. The summed E-state index contributed by atoms with van der Waals surface area (Å²) >= 11 is 0. The van der Waals surface area contributed by atoms with Gasteiger partial charge in [-0.05, 0) is 25.3 Å². The number of quaternary nitrogens is 1. The number of carbonyl (C=O) groups excluding carboxylic acids is 1. The summed E-state index contributed by atoms with van der Waals surface area (Å²) in [5.74, 6) is 0.538. The van der Waals surface area contributed by atoms with Crippen molar-refractivity contribution < 1.29 is 19.6 Å². The molecule has 0 aromatic carbocycles. The van der Waals surface area contributed by atoms with Crippen LogP contribution in [0, 0.1) is 23.0 Å². The van der Waals surface area contributed by atoms with Gasteiger partial charge in [-0.15, -0.1) is 0 Å². The molecule has 6 atom stereocenters. The van der Waals surface area contributed by atoms with Crippen LogP contribution in [0.4, 0.5) is 0 Å². The van der Waals surface area contributed by atoms with Crippen molar-refractivity contribution in [3.63, 3.8) is 0 Å². The Morgan fingerprint density at radius 3 is 3.06 bits per heavy atom. The van der Waals surface area contributed by atoms with E-state index in [9.17, 15) is 10.0 Å². The molecular formula is C11H15NO4. The van der Waals surface area contributed by atoms with Crippen molar-refractivity contribution in [3.05, 3.63) is 17.5 Å². The van der Waals surface area contributed by atoms with E-state index in [0.717, 1.165) is 12.8 Å². The second kappa shape index (κ2) is 3.29. The number of esters is 1. The summed E-state index contributed by atoms with van der Waals surface area (Å²) in [7, 11) is 0. The molecule has 0 amide bonds. The van der Waals surface area contributed by atoms with Crippen LogP contribution >= 0.6 is 0 Å². The highest BCUT2D eigenvalue weighted by Gasteiger charge is 2.63. The van der Waals surface area contributed by atoms with Crippen LogP contribution in [0.3, 0.4) is 0 Å². The van der Waals surface area contributed by atoms with Crippen molar-refractivity contribution in [3.8, 4) is 0 Å². The lowest BCUT2D eigenvalue weighted by atomic mass is 9.88. The van der Waals surface area contributed by atoms with Crippen LogP contribution < -0.4 is 5.23 Å². The fraction of sp³-hybridized carbons (Fsp3) is 0.727. The fourth-order valence-electron chi connectivity index (χ4n) is 3.29. The van der Waals surface area contributed by atoms with Crippen LogP contribution in [0.15, 0.2) is 12.3 Å². The zero-order valence-corrected chi connectivity index (χ0v) is 9.14. The highest BCUT2D eigenvalue weighted by atomic mass is 16.9. The van der Waals surface area contributed by atoms with E-state index in [1.807, 2.05) is 0 Å². The Balaban J connectivity index is 1.75. The van der Waals surface area contributed by atoms with Gasteiger partial charge in [0.2, 0.25) is 0 Å². The van der Waals surface area contributed by atoms with E-state index in [1.165, 1.54) is 0 Å². The molecular weight excluding hydrogens is 210 g/mol. The zero-order chi connectivity index (χ0) is 11.4. The van der Waals surface area contributed by atoms with Gasteiger partial charge in [-0.3, -0.25) is 4.79 Å². The normalized spacial score (nSPS) is 45.9. The minimum Gasteiger partial charge on any atom is -0.595 e. The molecule has 1 heterocycles. The monoisotopic (exact) mass is 225 g/mol. The predicted octanol–water partition coefficient (Wildman–Crippen LogP) is -0.216. The highest BCUT2D eigenvalue weighted by molar-refractivity contribution is 5.76. The maximum atomic E-state index is 11.5. The summed E-state index contributed by atoms with van der Waals surface area (Å²) in [4.78, 5) is 16.8. The Bertz CT molecular complexity index is 356. The number of allylic oxidation sites excluding steroid dienone is 1. The minimum atomic E-state index is -0.378. The van der Waals surface area contributed by atoms with Gasteiger partial charge in [0.25, 0.3) is 0 Å². The second-order valence-corrected chi connectivity index (χ2v) is 5.05. The van der Waals surface area contributed by atoms with Gasteiger partial charge in [0.05, 0.1) is 5.92 Å². The standard InChI is InChI=1S/C11H15NO4/c1-5(2)12(14)16-9-6-3-7-8(4-6)11(13)15-10(7)9/h6-10,12H,1,3-4H2,2H3. The molecule has 6 unspecified atom stereocenters. The Kier molecular flexibility index (Phi) is 2.11. The van der Waals surface area contributed by atoms with Crippen LogP contribution in [0.5, 0.6) is 0 Å². The molecule has 0 radical (unpaired) electrons. The van der Waals surface area contributed by atoms with Crippen LogP contribution in [-0.2, 0) is 14.4 Å². The van der Waals surface area contributed by atoms with Crippen molar-refractivity contribution in [1.82, 2.24) is 0 Å². The molecule has 0 aromatic heterocycles. The topological polar surface area (TPSA) is 63.0 Å². The van der Waals surface area contributed by atoms with E-state index >= 15 is 0 Å². The molecule has 2 aliphatic carbocycles. The van der Waals surface area contributed by atoms with Gasteiger partial charge in [-0.1, -0.05) is 0 Å². The third kappa shape index (κ3) is 1.25. The molecule has 3 aliphatic rings. The van der Waals surface area contributed by atoms with Gasteiger partial charge in [0, 0.05) is 12.8 Å². The smallest absolute Gasteiger partial charge is 0.309 e. The van der Waals surface area contributed by atoms with E-state index in [2.05, 4.69) is 6.58 Å². The van der Waals surface area contributed by atoms with Gasteiger partial charge >= 0.3 is 5.97 Å². The summed E-state index contributed by atoms with van der Waals surface area (Å²) in [6.45, 7) is 5.18. The molecule has 2 bridgehead atoms. The van der Waals surface area contributed by atoms with Gasteiger partial charge in [0.15, 0.2) is 6.10 Å². The molecule has 88 valence electrons. The second-order valence-electron chi connectivity index (χ2n) is 5.05. The van der Waals surface area contributed by atoms with Crippen molar-refractivity contribution >= 4 is 5.97 Å². The van der Waals surface area contributed by atoms with E-state index < -0.39 is 0 Å². The molecule has 0 spiro atoms. The Morgan fingerprint density at radius 2 is 2.38 bits per heavy atom. The van der Waals surface area contributed by atoms with Crippen molar-refractivity contribution in [2.24, 2.45) is 17.8 Å². The maximum Gasteiger partial charge on any atom is 0.309 e. The lowest BCUT2D eigenvalue weighted by Gasteiger charge is -2.29. The summed E-state index contributed by atoms with van der Waals surface area (Å²) in [5.41, 5.74) is 0.392. The SMILES string of the molecule is C=C(C)[NH+]([O-])OC1C2CC3C(=O)OC1C3C2. The van der Waals surface area contributed by atoms with E-state index in [0.29, 0.717) is 11.6 Å². The number of hydrogen-bond acceptors (Lipinski definition) is 4. The third-order valence-corrected chi connectivity index (χ3v) is 4.01. The Hall–Kier alpha value is -0.910. The Morgan fingerprint density at radius 1 is 1.62 bits per heavy atom. The molecule has 2 saturated carbocycles. The summed E-state index contributed by atoms with van der Waals surface area (Å²) in [6.07, 6.45) is 1.33. The number of rotatable bonds is 3. The minimum absolute atomic E-state index is 0.0646. The average Bonchev–Trinajstić information content (AvgIpc) is 2.81. The van der Waals surface area contributed by atoms with Gasteiger partial charge < -0.3 is 9.94 Å². The van der Waals surface area contributed by atoms with E-state index in [-0.39, 0.29) is 35.2 Å². The molecule has 1 saturated heterocycles. The quantitative estimate of drug-likeness (QED) is 0.533. The van der Waals surface area contributed by atoms with Crippen LogP contribution in [0.2, 0.25) is 0 Å². The van der Waals surface area contributed by atoms with Crippen molar-refractivity contribution in [2.75, 3.05) is 0 Å². The average molecular weight is 225 g/mol.